The molecule has 1 saturated heterocycles. The predicted molar refractivity (Wildman–Crippen MR) is 70.6 cm³/mol. The van der Waals surface area contributed by atoms with E-state index in [1.807, 2.05) is 0 Å². The van der Waals surface area contributed by atoms with E-state index >= 15 is 0 Å². The molecule has 1 rings (SSSR count). The number of likely N-dealkylation sites (N-methyl/N-ethyl adjacent to an activating group) is 1. The molecule has 2 unspecified atom stereocenters. The van der Waals surface area contributed by atoms with Crippen LogP contribution in [0.15, 0.2) is 0 Å². The van der Waals surface area contributed by atoms with Crippen LogP contribution in [0.5, 0.6) is 0 Å². The molecule has 1 aliphatic rings. The third-order valence-corrected chi connectivity index (χ3v) is 3.91. The van der Waals surface area contributed by atoms with Crippen LogP contribution in [0.2, 0.25) is 0 Å². The van der Waals surface area contributed by atoms with Gasteiger partial charge in [-0.05, 0) is 45.3 Å². The highest BCUT2D eigenvalue weighted by Crippen LogP contribution is 2.18. The minimum absolute atomic E-state index is 0.358. The predicted octanol–water partition coefficient (Wildman–Crippen LogP) is 1.39. The third-order valence-electron chi connectivity index (χ3n) is 3.91. The van der Waals surface area contributed by atoms with Crippen LogP contribution in [-0.4, -0.2) is 55.1 Å². The summed E-state index contributed by atoms with van der Waals surface area (Å²) in [6.07, 6.45) is 2.64. The molecule has 2 atom stereocenters. The summed E-state index contributed by atoms with van der Waals surface area (Å²) < 4.78 is 0. The van der Waals surface area contributed by atoms with E-state index in [0.717, 1.165) is 0 Å². The minimum Gasteiger partial charge on any atom is -0.328 e. The quantitative estimate of drug-likeness (QED) is 0.744. The van der Waals surface area contributed by atoms with Crippen molar-refractivity contribution in [3.63, 3.8) is 0 Å². The first kappa shape index (κ1) is 13.9. The second-order valence-corrected chi connectivity index (χ2v) is 5.09. The van der Waals surface area contributed by atoms with Crippen LogP contribution in [-0.2, 0) is 0 Å². The third kappa shape index (κ3) is 4.40. The lowest BCUT2D eigenvalue weighted by molar-refractivity contribution is 0.142. The molecule has 3 nitrogen and oxygen atoms in total. The van der Waals surface area contributed by atoms with E-state index < -0.39 is 0 Å². The van der Waals surface area contributed by atoms with E-state index in [2.05, 4.69) is 30.6 Å². The lowest BCUT2D eigenvalue weighted by Crippen LogP contribution is -2.45. The highest BCUT2D eigenvalue weighted by molar-refractivity contribution is 4.78. The fraction of sp³-hybridized carbons (Fsp3) is 1.00. The lowest BCUT2D eigenvalue weighted by atomic mass is 9.92. The van der Waals surface area contributed by atoms with Crippen LogP contribution < -0.4 is 5.73 Å². The standard InChI is InChI=1S/C13H29N3/c1-4-15(5-2)9-10-16-8-6-7-13(11-16)12(3)14/h12-13H,4-11,14H2,1-3H3. The van der Waals surface area contributed by atoms with Gasteiger partial charge in [-0.3, -0.25) is 0 Å². The Morgan fingerprint density at radius 1 is 1.38 bits per heavy atom. The molecule has 1 aliphatic heterocycles. The molecule has 0 aromatic heterocycles. The number of nitrogens with two attached hydrogens (primary N) is 1. The topological polar surface area (TPSA) is 32.5 Å². The molecule has 96 valence electrons. The second-order valence-electron chi connectivity index (χ2n) is 5.09. The van der Waals surface area contributed by atoms with Gasteiger partial charge in [-0.1, -0.05) is 13.8 Å². The van der Waals surface area contributed by atoms with Crippen molar-refractivity contribution in [1.82, 2.24) is 9.80 Å². The Balaban J connectivity index is 2.26. The van der Waals surface area contributed by atoms with Crippen molar-refractivity contribution < 1.29 is 0 Å². The van der Waals surface area contributed by atoms with Crippen LogP contribution in [0.3, 0.4) is 0 Å². The summed E-state index contributed by atoms with van der Waals surface area (Å²) >= 11 is 0. The number of hydrogen-bond donors (Lipinski definition) is 1. The van der Waals surface area contributed by atoms with Crippen molar-refractivity contribution in [1.29, 1.82) is 0 Å². The molecule has 16 heavy (non-hydrogen) atoms. The molecule has 0 amide bonds. The maximum absolute atomic E-state index is 6.00. The summed E-state index contributed by atoms with van der Waals surface area (Å²) in [5, 5.41) is 0. The van der Waals surface area contributed by atoms with Gasteiger partial charge < -0.3 is 15.5 Å². The maximum Gasteiger partial charge on any atom is 0.0109 e. The van der Waals surface area contributed by atoms with Crippen LogP contribution in [0, 0.1) is 5.92 Å². The Labute approximate surface area is 101 Å². The Kier molecular flexibility index (Phi) is 6.32. The molecule has 0 aliphatic carbocycles. The average Bonchev–Trinajstić information content (AvgIpc) is 2.31. The van der Waals surface area contributed by atoms with Gasteiger partial charge in [-0.2, -0.15) is 0 Å². The van der Waals surface area contributed by atoms with Gasteiger partial charge in [-0.25, -0.2) is 0 Å². The molecular weight excluding hydrogens is 198 g/mol. The summed E-state index contributed by atoms with van der Waals surface area (Å²) in [7, 11) is 0. The maximum atomic E-state index is 6.00. The van der Waals surface area contributed by atoms with Crippen molar-refractivity contribution in [2.24, 2.45) is 11.7 Å². The summed E-state index contributed by atoms with van der Waals surface area (Å²) in [5.74, 6) is 0.713. The number of rotatable bonds is 6. The van der Waals surface area contributed by atoms with Gasteiger partial charge in [0.2, 0.25) is 0 Å². The summed E-state index contributed by atoms with van der Waals surface area (Å²) in [6.45, 7) is 13.9. The fourth-order valence-corrected chi connectivity index (χ4v) is 2.55. The van der Waals surface area contributed by atoms with E-state index in [1.165, 1.54) is 52.1 Å². The van der Waals surface area contributed by atoms with Gasteiger partial charge >= 0.3 is 0 Å². The van der Waals surface area contributed by atoms with Gasteiger partial charge in [0, 0.05) is 25.7 Å². The molecule has 0 saturated carbocycles. The summed E-state index contributed by atoms with van der Waals surface area (Å²) in [4.78, 5) is 5.09. The molecular formula is C13H29N3. The van der Waals surface area contributed by atoms with E-state index in [1.54, 1.807) is 0 Å². The largest absolute Gasteiger partial charge is 0.328 e. The van der Waals surface area contributed by atoms with Crippen LogP contribution in [0.4, 0.5) is 0 Å². The Hall–Kier alpha value is -0.120. The van der Waals surface area contributed by atoms with Crippen LogP contribution in [0.1, 0.15) is 33.6 Å². The monoisotopic (exact) mass is 227 g/mol. The molecule has 1 fully saturated rings. The first-order valence-electron chi connectivity index (χ1n) is 6.87. The van der Waals surface area contributed by atoms with Gasteiger partial charge in [0.15, 0.2) is 0 Å². The zero-order valence-electron chi connectivity index (χ0n) is 11.3. The SMILES string of the molecule is CCN(CC)CCN1CCCC(C(C)N)C1. The molecule has 0 bridgehead atoms. The first-order valence-corrected chi connectivity index (χ1v) is 6.87. The second kappa shape index (κ2) is 7.25. The van der Waals surface area contributed by atoms with Crippen molar-refractivity contribution in [3.05, 3.63) is 0 Å². The number of hydrogen-bond acceptors (Lipinski definition) is 3. The average molecular weight is 227 g/mol. The zero-order chi connectivity index (χ0) is 12.0. The number of likely N-dealkylation sites (tertiary alicyclic amines) is 1. The fourth-order valence-electron chi connectivity index (χ4n) is 2.55. The van der Waals surface area contributed by atoms with E-state index in [9.17, 15) is 0 Å². The van der Waals surface area contributed by atoms with E-state index in [4.69, 9.17) is 5.73 Å². The highest BCUT2D eigenvalue weighted by Gasteiger charge is 2.22. The minimum atomic E-state index is 0.358. The number of nitrogens with zero attached hydrogens (tertiary/aromatic N) is 2. The number of piperidine rings is 1. The zero-order valence-corrected chi connectivity index (χ0v) is 11.3. The molecule has 0 radical (unpaired) electrons. The molecule has 0 aromatic rings. The van der Waals surface area contributed by atoms with Crippen LogP contribution in [0.25, 0.3) is 0 Å². The van der Waals surface area contributed by atoms with Gasteiger partial charge in [0.1, 0.15) is 0 Å². The molecule has 1 heterocycles. The van der Waals surface area contributed by atoms with Gasteiger partial charge in [0.25, 0.3) is 0 Å². The van der Waals surface area contributed by atoms with E-state index in [-0.39, 0.29) is 0 Å². The van der Waals surface area contributed by atoms with Crippen molar-refractivity contribution in [3.8, 4) is 0 Å². The normalized spacial score (nSPS) is 24.9. The lowest BCUT2D eigenvalue weighted by Gasteiger charge is -2.35. The van der Waals surface area contributed by atoms with Crippen LogP contribution >= 0.6 is 0 Å². The molecule has 0 aromatic carbocycles. The summed E-state index contributed by atoms with van der Waals surface area (Å²) in [6, 6.07) is 0.358. The molecule has 2 N–H and O–H groups in total. The highest BCUT2D eigenvalue weighted by atomic mass is 15.2. The smallest absolute Gasteiger partial charge is 0.0109 e. The Bertz CT molecular complexity index is 178. The molecule has 0 spiro atoms. The summed E-state index contributed by atoms with van der Waals surface area (Å²) in [5.41, 5.74) is 6.00. The van der Waals surface area contributed by atoms with Gasteiger partial charge in [0.05, 0.1) is 0 Å². The Morgan fingerprint density at radius 2 is 2.06 bits per heavy atom. The molecule has 3 heteroatoms. The van der Waals surface area contributed by atoms with E-state index in [0.29, 0.717) is 12.0 Å². The van der Waals surface area contributed by atoms with Crippen molar-refractivity contribution in [2.75, 3.05) is 39.3 Å². The Morgan fingerprint density at radius 3 is 2.62 bits per heavy atom. The first-order chi connectivity index (χ1) is 7.67. The van der Waals surface area contributed by atoms with Crippen molar-refractivity contribution in [2.45, 2.75) is 39.7 Å². The van der Waals surface area contributed by atoms with Crippen molar-refractivity contribution >= 4 is 0 Å². The van der Waals surface area contributed by atoms with Gasteiger partial charge in [-0.15, -0.1) is 0 Å².